The van der Waals surface area contributed by atoms with Crippen molar-refractivity contribution in [2.24, 2.45) is 4.99 Å². The van der Waals surface area contributed by atoms with Gasteiger partial charge in [-0.15, -0.1) is 0 Å². The van der Waals surface area contributed by atoms with Crippen LogP contribution in [0.4, 0.5) is 0 Å². The average Bonchev–Trinajstić information content (AvgIpc) is 2.78. The van der Waals surface area contributed by atoms with Crippen LogP contribution in [0, 0.1) is 0 Å². The van der Waals surface area contributed by atoms with Crippen LogP contribution in [0.5, 0.6) is 0 Å². The normalized spacial score (nSPS) is 22.6. The van der Waals surface area contributed by atoms with Gasteiger partial charge in [0.25, 0.3) is 0 Å². The molecule has 0 bridgehead atoms. The molecule has 2 aliphatic rings. The highest BCUT2D eigenvalue weighted by molar-refractivity contribution is 5.79. The first kappa shape index (κ1) is 23.0. The molecule has 0 aromatic heterocycles. The van der Waals surface area contributed by atoms with E-state index in [1.54, 1.807) is 0 Å². The van der Waals surface area contributed by atoms with Crippen molar-refractivity contribution in [1.29, 1.82) is 0 Å². The average molecular weight is 416 g/mol. The Morgan fingerprint density at radius 1 is 1.13 bits per heavy atom. The van der Waals surface area contributed by atoms with Crippen molar-refractivity contribution in [1.82, 2.24) is 20.4 Å². The lowest BCUT2D eigenvalue weighted by Gasteiger charge is -2.33. The van der Waals surface area contributed by atoms with Crippen molar-refractivity contribution in [2.45, 2.75) is 65.2 Å². The van der Waals surface area contributed by atoms with Gasteiger partial charge in [0.2, 0.25) is 0 Å². The maximum Gasteiger partial charge on any atom is 0.191 e. The van der Waals surface area contributed by atoms with Gasteiger partial charge in [0.05, 0.1) is 19.8 Å². The molecule has 168 valence electrons. The fourth-order valence-electron chi connectivity index (χ4n) is 4.37. The molecule has 0 amide bonds. The largest absolute Gasteiger partial charge is 0.379 e. The second-order valence-electron chi connectivity index (χ2n) is 8.66. The molecule has 2 aliphatic heterocycles. The summed E-state index contributed by atoms with van der Waals surface area (Å²) in [5, 5.41) is 6.95. The Labute approximate surface area is 183 Å². The van der Waals surface area contributed by atoms with Crippen LogP contribution in [0.25, 0.3) is 0 Å². The lowest BCUT2D eigenvalue weighted by molar-refractivity contribution is 0.0211. The van der Waals surface area contributed by atoms with E-state index in [0.717, 1.165) is 51.9 Å². The van der Waals surface area contributed by atoms with Gasteiger partial charge < -0.3 is 15.4 Å². The Hall–Kier alpha value is -1.63. The van der Waals surface area contributed by atoms with Crippen LogP contribution in [-0.4, -0.2) is 73.8 Å². The summed E-state index contributed by atoms with van der Waals surface area (Å²) in [6.45, 7) is 15.2. The predicted octanol–water partition coefficient (Wildman–Crippen LogP) is 2.84. The Kier molecular flexibility index (Phi) is 9.43. The second kappa shape index (κ2) is 12.3. The van der Waals surface area contributed by atoms with Crippen LogP contribution in [0.2, 0.25) is 0 Å². The number of morpholine rings is 1. The molecule has 0 aliphatic carbocycles. The van der Waals surface area contributed by atoms with Gasteiger partial charge in [-0.25, -0.2) is 4.99 Å². The van der Waals surface area contributed by atoms with Crippen molar-refractivity contribution in [2.75, 3.05) is 45.9 Å². The molecule has 1 aromatic carbocycles. The standard InChI is InChI=1S/C24H41N5O/c1-4-25-24(26-17-21(3)28-13-15-30-16-14-28)27-18-22-10-5-6-11-23(22)19-29-12-8-7-9-20(29)2/h5-6,10-11,20-21H,4,7-9,12-19H2,1-3H3,(H2,25,26,27). The molecule has 0 spiro atoms. The number of guanidine groups is 1. The van der Waals surface area contributed by atoms with Gasteiger partial charge in [0.1, 0.15) is 0 Å². The van der Waals surface area contributed by atoms with E-state index in [0.29, 0.717) is 18.6 Å². The number of rotatable bonds is 8. The summed E-state index contributed by atoms with van der Waals surface area (Å²) in [4.78, 5) is 10.0. The molecule has 6 heteroatoms. The zero-order valence-corrected chi connectivity index (χ0v) is 19.2. The fourth-order valence-corrected chi connectivity index (χ4v) is 4.37. The quantitative estimate of drug-likeness (QED) is 0.505. The first-order valence-electron chi connectivity index (χ1n) is 11.8. The third-order valence-electron chi connectivity index (χ3n) is 6.42. The Balaban J connectivity index is 1.58. The lowest BCUT2D eigenvalue weighted by atomic mass is 10.0. The molecule has 3 rings (SSSR count). The highest BCUT2D eigenvalue weighted by Crippen LogP contribution is 2.21. The highest BCUT2D eigenvalue weighted by Gasteiger charge is 2.19. The van der Waals surface area contributed by atoms with Gasteiger partial charge in [-0.2, -0.15) is 0 Å². The third kappa shape index (κ3) is 6.96. The van der Waals surface area contributed by atoms with Crippen LogP contribution in [-0.2, 0) is 17.8 Å². The molecule has 2 N–H and O–H groups in total. The summed E-state index contributed by atoms with van der Waals surface area (Å²) < 4.78 is 5.47. The van der Waals surface area contributed by atoms with Crippen molar-refractivity contribution in [3.8, 4) is 0 Å². The van der Waals surface area contributed by atoms with E-state index in [1.165, 1.54) is 36.9 Å². The summed E-state index contributed by atoms with van der Waals surface area (Å²) in [5.41, 5.74) is 2.74. The van der Waals surface area contributed by atoms with Crippen molar-refractivity contribution in [3.63, 3.8) is 0 Å². The second-order valence-corrected chi connectivity index (χ2v) is 8.66. The first-order valence-corrected chi connectivity index (χ1v) is 11.8. The van der Waals surface area contributed by atoms with E-state index in [1.807, 2.05) is 0 Å². The van der Waals surface area contributed by atoms with E-state index in [4.69, 9.17) is 9.73 Å². The van der Waals surface area contributed by atoms with Gasteiger partial charge in [0, 0.05) is 44.8 Å². The van der Waals surface area contributed by atoms with Gasteiger partial charge in [-0.1, -0.05) is 30.7 Å². The molecule has 6 nitrogen and oxygen atoms in total. The Bertz CT molecular complexity index is 659. The first-order chi connectivity index (χ1) is 14.7. The van der Waals surface area contributed by atoms with Crippen molar-refractivity contribution >= 4 is 5.96 Å². The van der Waals surface area contributed by atoms with Crippen LogP contribution in [0.3, 0.4) is 0 Å². The van der Waals surface area contributed by atoms with Crippen molar-refractivity contribution in [3.05, 3.63) is 35.4 Å². The summed E-state index contributed by atoms with van der Waals surface area (Å²) >= 11 is 0. The number of aliphatic imine (C=N–C) groups is 1. The molecule has 2 unspecified atom stereocenters. The molecule has 30 heavy (non-hydrogen) atoms. The molecule has 0 saturated carbocycles. The minimum Gasteiger partial charge on any atom is -0.379 e. The topological polar surface area (TPSA) is 52.1 Å². The molecule has 2 atom stereocenters. The van der Waals surface area contributed by atoms with Crippen LogP contribution < -0.4 is 10.6 Å². The number of nitrogens with zero attached hydrogens (tertiary/aromatic N) is 3. The van der Waals surface area contributed by atoms with E-state index in [2.05, 4.69) is 65.5 Å². The Morgan fingerprint density at radius 3 is 2.63 bits per heavy atom. The monoisotopic (exact) mass is 415 g/mol. The summed E-state index contributed by atoms with van der Waals surface area (Å²) in [5.74, 6) is 0.902. The van der Waals surface area contributed by atoms with E-state index in [9.17, 15) is 0 Å². The minimum absolute atomic E-state index is 0.464. The SMILES string of the molecule is CCNC(=NCc1ccccc1CN1CCCCC1C)NCC(C)N1CCOCC1. The van der Waals surface area contributed by atoms with Crippen molar-refractivity contribution < 1.29 is 4.74 Å². The maximum atomic E-state index is 5.47. The third-order valence-corrected chi connectivity index (χ3v) is 6.42. The number of hydrogen-bond acceptors (Lipinski definition) is 4. The molecule has 1 aromatic rings. The Morgan fingerprint density at radius 2 is 1.90 bits per heavy atom. The molecule has 2 fully saturated rings. The van der Waals surface area contributed by atoms with Gasteiger partial charge >= 0.3 is 0 Å². The van der Waals surface area contributed by atoms with Gasteiger partial charge in [-0.05, 0) is 51.3 Å². The predicted molar refractivity (Wildman–Crippen MR) is 125 cm³/mol. The smallest absolute Gasteiger partial charge is 0.191 e. The van der Waals surface area contributed by atoms with Crippen LogP contribution >= 0.6 is 0 Å². The van der Waals surface area contributed by atoms with Gasteiger partial charge in [-0.3, -0.25) is 9.80 Å². The van der Waals surface area contributed by atoms with Crippen LogP contribution in [0.15, 0.2) is 29.3 Å². The number of likely N-dealkylation sites (tertiary alicyclic amines) is 1. The zero-order chi connectivity index (χ0) is 21.2. The van der Waals surface area contributed by atoms with E-state index < -0.39 is 0 Å². The zero-order valence-electron chi connectivity index (χ0n) is 19.2. The minimum atomic E-state index is 0.464. The maximum absolute atomic E-state index is 5.47. The number of hydrogen-bond donors (Lipinski definition) is 2. The number of piperidine rings is 1. The summed E-state index contributed by atoms with van der Waals surface area (Å²) in [7, 11) is 0. The molecular formula is C24H41N5O. The van der Waals surface area contributed by atoms with Gasteiger partial charge in [0.15, 0.2) is 5.96 Å². The fraction of sp³-hybridized carbons (Fsp3) is 0.708. The number of benzene rings is 1. The number of ether oxygens (including phenoxy) is 1. The summed E-state index contributed by atoms with van der Waals surface area (Å²) in [6, 6.07) is 9.93. The molecule has 2 saturated heterocycles. The molecule has 2 heterocycles. The summed E-state index contributed by atoms with van der Waals surface area (Å²) in [6.07, 6.45) is 4.00. The van der Waals surface area contributed by atoms with E-state index >= 15 is 0 Å². The molecule has 0 radical (unpaired) electrons. The highest BCUT2D eigenvalue weighted by atomic mass is 16.5. The lowest BCUT2D eigenvalue weighted by Crippen LogP contribution is -2.49. The van der Waals surface area contributed by atoms with E-state index in [-0.39, 0.29) is 0 Å². The molecular weight excluding hydrogens is 374 g/mol. The number of nitrogens with one attached hydrogen (secondary N) is 2. The van der Waals surface area contributed by atoms with Crippen LogP contribution in [0.1, 0.15) is 51.2 Å².